The Kier molecular flexibility index (Phi) is 3.12. The first kappa shape index (κ1) is 11.4. The van der Waals surface area contributed by atoms with Crippen molar-refractivity contribution < 1.29 is 4.74 Å². The number of hydrogen-bond donors (Lipinski definition) is 1. The summed E-state index contributed by atoms with van der Waals surface area (Å²) >= 11 is 0. The molecular formula is C12H17N5O. The van der Waals surface area contributed by atoms with Gasteiger partial charge in [0, 0.05) is 25.5 Å². The third kappa shape index (κ3) is 1.93. The Morgan fingerprint density at radius 1 is 1.50 bits per heavy atom. The molecule has 96 valence electrons. The van der Waals surface area contributed by atoms with Gasteiger partial charge < -0.3 is 15.0 Å². The summed E-state index contributed by atoms with van der Waals surface area (Å²) in [6.45, 7) is 3.23. The fraction of sp³-hybridized carbons (Fsp3) is 0.500. The Bertz CT molecular complexity index is 524. The Morgan fingerprint density at radius 3 is 3.33 bits per heavy atom. The molecule has 18 heavy (non-hydrogen) atoms. The van der Waals surface area contributed by atoms with E-state index in [1.165, 1.54) is 0 Å². The zero-order valence-corrected chi connectivity index (χ0v) is 10.4. The van der Waals surface area contributed by atoms with Crippen LogP contribution in [0.2, 0.25) is 0 Å². The average Bonchev–Trinajstić information content (AvgIpc) is 2.88. The van der Waals surface area contributed by atoms with Crippen molar-refractivity contribution in [3.05, 3.63) is 24.7 Å². The highest BCUT2D eigenvalue weighted by Crippen LogP contribution is 2.21. The van der Waals surface area contributed by atoms with E-state index in [0.717, 1.165) is 37.6 Å². The number of ether oxygens (including phenoxy) is 1. The lowest BCUT2D eigenvalue weighted by atomic mass is 10.2. The average molecular weight is 247 g/mol. The molecule has 0 radical (unpaired) electrons. The van der Waals surface area contributed by atoms with Gasteiger partial charge in [0.15, 0.2) is 5.82 Å². The monoisotopic (exact) mass is 247 g/mol. The molecule has 3 rings (SSSR count). The highest BCUT2D eigenvalue weighted by molar-refractivity contribution is 5.68. The van der Waals surface area contributed by atoms with Crippen LogP contribution in [0.25, 0.3) is 5.52 Å². The minimum absolute atomic E-state index is 0.317. The first-order valence-electron chi connectivity index (χ1n) is 6.17. The van der Waals surface area contributed by atoms with Crippen molar-refractivity contribution in [1.29, 1.82) is 0 Å². The summed E-state index contributed by atoms with van der Waals surface area (Å²) < 4.78 is 7.40. The second-order valence-corrected chi connectivity index (χ2v) is 4.39. The van der Waals surface area contributed by atoms with Gasteiger partial charge in [0.1, 0.15) is 5.52 Å². The van der Waals surface area contributed by atoms with Gasteiger partial charge >= 0.3 is 0 Å². The molecule has 6 heteroatoms. The fourth-order valence-electron chi connectivity index (χ4n) is 2.40. The van der Waals surface area contributed by atoms with E-state index in [4.69, 9.17) is 4.74 Å². The number of hydrogen-bond acceptors (Lipinski definition) is 5. The molecule has 1 aliphatic heterocycles. The second kappa shape index (κ2) is 4.91. The molecule has 1 atom stereocenters. The zero-order valence-electron chi connectivity index (χ0n) is 10.4. The number of morpholine rings is 1. The normalized spacial score (nSPS) is 20.5. The Labute approximate surface area is 106 Å². The molecule has 0 spiro atoms. The van der Waals surface area contributed by atoms with Crippen molar-refractivity contribution in [2.24, 2.45) is 0 Å². The molecular weight excluding hydrogens is 230 g/mol. The van der Waals surface area contributed by atoms with E-state index < -0.39 is 0 Å². The van der Waals surface area contributed by atoms with Crippen LogP contribution in [0.4, 0.5) is 5.82 Å². The molecule has 1 saturated heterocycles. The third-order valence-electron chi connectivity index (χ3n) is 3.24. The number of nitrogens with zero attached hydrogens (tertiary/aromatic N) is 4. The summed E-state index contributed by atoms with van der Waals surface area (Å²) in [5, 5.41) is 7.46. The maximum atomic E-state index is 5.55. The second-order valence-electron chi connectivity index (χ2n) is 4.39. The van der Waals surface area contributed by atoms with Crippen molar-refractivity contribution in [2.45, 2.75) is 6.04 Å². The largest absolute Gasteiger partial charge is 0.377 e. The van der Waals surface area contributed by atoms with Crippen LogP contribution in [0.1, 0.15) is 0 Å². The number of aromatic nitrogens is 3. The van der Waals surface area contributed by atoms with Crippen LogP contribution in [0.5, 0.6) is 0 Å². The molecule has 1 unspecified atom stereocenters. The molecule has 6 nitrogen and oxygen atoms in total. The minimum Gasteiger partial charge on any atom is -0.377 e. The highest BCUT2D eigenvalue weighted by atomic mass is 16.5. The quantitative estimate of drug-likeness (QED) is 0.837. The van der Waals surface area contributed by atoms with E-state index in [-0.39, 0.29) is 0 Å². The number of rotatable bonds is 3. The van der Waals surface area contributed by atoms with Gasteiger partial charge in [0.2, 0.25) is 0 Å². The summed E-state index contributed by atoms with van der Waals surface area (Å²) in [6.07, 6.45) is 5.46. The van der Waals surface area contributed by atoms with Gasteiger partial charge in [-0.15, -0.1) is 0 Å². The molecule has 0 bridgehead atoms. The molecule has 0 aliphatic carbocycles. The van der Waals surface area contributed by atoms with Crippen LogP contribution in [0.15, 0.2) is 24.7 Å². The van der Waals surface area contributed by atoms with Crippen LogP contribution < -0.4 is 10.2 Å². The molecule has 1 N–H and O–H groups in total. The third-order valence-corrected chi connectivity index (χ3v) is 3.24. The van der Waals surface area contributed by atoms with Crippen LogP contribution in [0, 0.1) is 0 Å². The van der Waals surface area contributed by atoms with Crippen molar-refractivity contribution in [1.82, 2.24) is 19.9 Å². The number of fused-ring (bicyclic) bond motifs is 1. The van der Waals surface area contributed by atoms with Gasteiger partial charge in [-0.3, -0.25) is 0 Å². The molecule has 3 heterocycles. The molecule has 0 amide bonds. The van der Waals surface area contributed by atoms with Gasteiger partial charge in [-0.1, -0.05) is 0 Å². The van der Waals surface area contributed by atoms with E-state index in [0.29, 0.717) is 6.04 Å². The number of likely N-dealkylation sites (N-methyl/N-ethyl adjacent to an activating group) is 1. The summed E-state index contributed by atoms with van der Waals surface area (Å²) in [4.78, 5) is 6.82. The lowest BCUT2D eigenvalue weighted by Crippen LogP contribution is -2.50. The Morgan fingerprint density at radius 2 is 2.44 bits per heavy atom. The fourth-order valence-corrected chi connectivity index (χ4v) is 2.40. The van der Waals surface area contributed by atoms with Gasteiger partial charge in [-0.25, -0.2) is 9.50 Å². The van der Waals surface area contributed by atoms with Crippen LogP contribution in [0.3, 0.4) is 0 Å². The van der Waals surface area contributed by atoms with Gasteiger partial charge in [0.25, 0.3) is 0 Å². The smallest absolute Gasteiger partial charge is 0.155 e. The van der Waals surface area contributed by atoms with Crippen LogP contribution in [-0.2, 0) is 4.74 Å². The molecule has 1 aliphatic rings. The van der Waals surface area contributed by atoms with Gasteiger partial charge in [-0.05, 0) is 13.1 Å². The zero-order chi connectivity index (χ0) is 12.4. The lowest BCUT2D eigenvalue weighted by molar-refractivity contribution is 0.0940. The van der Waals surface area contributed by atoms with Crippen molar-refractivity contribution in [3.8, 4) is 0 Å². The van der Waals surface area contributed by atoms with E-state index >= 15 is 0 Å². The molecule has 0 saturated carbocycles. The van der Waals surface area contributed by atoms with E-state index in [9.17, 15) is 0 Å². The van der Waals surface area contributed by atoms with Crippen LogP contribution >= 0.6 is 0 Å². The Hall–Kier alpha value is -1.66. The Balaban J connectivity index is 1.98. The molecule has 1 fully saturated rings. The molecule has 2 aromatic rings. The summed E-state index contributed by atoms with van der Waals surface area (Å²) in [5.74, 6) is 0.985. The van der Waals surface area contributed by atoms with Gasteiger partial charge in [-0.2, -0.15) is 5.10 Å². The number of anilines is 1. The van der Waals surface area contributed by atoms with E-state index in [1.807, 2.05) is 23.8 Å². The minimum atomic E-state index is 0.317. The first-order valence-corrected chi connectivity index (χ1v) is 6.17. The van der Waals surface area contributed by atoms with Crippen molar-refractivity contribution >= 4 is 11.3 Å². The predicted molar refractivity (Wildman–Crippen MR) is 68.9 cm³/mol. The van der Waals surface area contributed by atoms with E-state index in [2.05, 4.69) is 20.3 Å². The summed E-state index contributed by atoms with van der Waals surface area (Å²) in [6, 6.07) is 2.31. The van der Waals surface area contributed by atoms with Crippen LogP contribution in [-0.4, -0.2) is 54.0 Å². The van der Waals surface area contributed by atoms with Gasteiger partial charge in [0.05, 0.1) is 25.5 Å². The summed E-state index contributed by atoms with van der Waals surface area (Å²) in [7, 11) is 1.96. The SMILES string of the molecule is CNCC1COCCN1c1nccn2nccc12. The van der Waals surface area contributed by atoms with Crippen molar-refractivity contribution in [2.75, 3.05) is 38.3 Å². The highest BCUT2D eigenvalue weighted by Gasteiger charge is 2.25. The lowest BCUT2D eigenvalue weighted by Gasteiger charge is -2.36. The topological polar surface area (TPSA) is 54.7 Å². The molecule has 2 aromatic heterocycles. The standard InChI is InChI=1S/C12H17N5O/c1-13-8-10-9-18-7-6-16(10)12-11-2-3-15-17(11)5-4-14-12/h2-5,10,13H,6-9H2,1H3. The van der Waals surface area contributed by atoms with E-state index in [1.54, 1.807) is 12.4 Å². The maximum absolute atomic E-state index is 5.55. The molecule has 0 aromatic carbocycles. The predicted octanol–water partition coefficient (Wildman–Crippen LogP) is 0.154. The number of nitrogens with one attached hydrogen (secondary N) is 1. The first-order chi connectivity index (χ1) is 8.90. The van der Waals surface area contributed by atoms with Crippen molar-refractivity contribution in [3.63, 3.8) is 0 Å². The maximum Gasteiger partial charge on any atom is 0.155 e. The summed E-state index contributed by atoms with van der Waals surface area (Å²) in [5.41, 5.74) is 1.04.